The molecular formula is C15H15ClO2. The Morgan fingerprint density at radius 1 is 1.28 bits per heavy atom. The number of carbonyl (C=O) groups excluding carboxylic acids is 1. The van der Waals surface area contributed by atoms with E-state index in [-0.39, 0.29) is 17.5 Å². The van der Waals surface area contributed by atoms with Crippen molar-refractivity contribution in [2.24, 2.45) is 11.8 Å². The molecule has 0 heterocycles. The highest BCUT2D eigenvalue weighted by Gasteiger charge is 2.65. The molecule has 0 aliphatic heterocycles. The number of carbonyl (C=O) groups is 1. The van der Waals surface area contributed by atoms with Gasteiger partial charge in [0.15, 0.2) is 0 Å². The molecule has 0 radical (unpaired) electrons. The lowest BCUT2D eigenvalue weighted by Gasteiger charge is -2.43. The molecule has 2 saturated carbocycles. The van der Waals surface area contributed by atoms with Gasteiger partial charge in [0.1, 0.15) is 6.10 Å². The first kappa shape index (κ1) is 10.9. The molecule has 0 spiro atoms. The number of benzene rings is 1. The first-order valence-corrected chi connectivity index (χ1v) is 7.02. The van der Waals surface area contributed by atoms with E-state index in [0.29, 0.717) is 23.7 Å². The molecule has 2 fully saturated rings. The van der Waals surface area contributed by atoms with E-state index < -0.39 is 0 Å². The van der Waals surface area contributed by atoms with Crippen LogP contribution in [0.15, 0.2) is 24.3 Å². The van der Waals surface area contributed by atoms with Crippen LogP contribution >= 0.6 is 11.6 Å². The lowest BCUT2D eigenvalue weighted by atomic mass is 9.61. The van der Waals surface area contributed by atoms with Gasteiger partial charge < -0.3 is 4.74 Å². The second-order valence-corrected chi connectivity index (χ2v) is 6.31. The summed E-state index contributed by atoms with van der Waals surface area (Å²) in [6.45, 7) is 1.50. The molecule has 6 atom stereocenters. The Labute approximate surface area is 111 Å². The van der Waals surface area contributed by atoms with E-state index >= 15 is 0 Å². The molecule has 4 rings (SSSR count). The van der Waals surface area contributed by atoms with Crippen LogP contribution < -0.4 is 0 Å². The largest absolute Gasteiger partial charge is 0.462 e. The Bertz CT molecular complexity index is 527. The lowest BCUT2D eigenvalue weighted by Crippen LogP contribution is -2.34. The monoisotopic (exact) mass is 262 g/mol. The highest BCUT2D eigenvalue weighted by molar-refractivity contribution is 6.21. The van der Waals surface area contributed by atoms with Gasteiger partial charge in [-0.05, 0) is 29.4 Å². The summed E-state index contributed by atoms with van der Waals surface area (Å²) >= 11 is 6.46. The number of esters is 1. The molecule has 0 unspecified atom stereocenters. The average molecular weight is 263 g/mol. The predicted molar refractivity (Wildman–Crippen MR) is 68.7 cm³/mol. The van der Waals surface area contributed by atoms with Crippen molar-refractivity contribution >= 4 is 17.6 Å². The van der Waals surface area contributed by atoms with Gasteiger partial charge >= 0.3 is 5.97 Å². The Morgan fingerprint density at radius 2 is 1.94 bits per heavy atom. The zero-order chi connectivity index (χ0) is 12.4. The maximum atomic E-state index is 11.3. The Hall–Kier alpha value is -1.02. The van der Waals surface area contributed by atoms with E-state index in [1.54, 1.807) is 0 Å². The smallest absolute Gasteiger partial charge is 0.302 e. The summed E-state index contributed by atoms with van der Waals surface area (Å²) in [6.07, 6.45) is 1.02. The Morgan fingerprint density at radius 3 is 2.61 bits per heavy atom. The maximum Gasteiger partial charge on any atom is 0.302 e. The Balaban J connectivity index is 1.74. The summed E-state index contributed by atoms with van der Waals surface area (Å²) in [5.74, 6) is 1.67. The molecule has 0 aromatic heterocycles. The summed E-state index contributed by atoms with van der Waals surface area (Å²) < 4.78 is 5.56. The van der Waals surface area contributed by atoms with Crippen LogP contribution in [0, 0.1) is 11.8 Å². The molecule has 1 aromatic carbocycles. The van der Waals surface area contributed by atoms with Crippen molar-refractivity contribution in [2.45, 2.75) is 36.7 Å². The van der Waals surface area contributed by atoms with Gasteiger partial charge in [-0.2, -0.15) is 0 Å². The van der Waals surface area contributed by atoms with Crippen molar-refractivity contribution in [1.82, 2.24) is 0 Å². The third kappa shape index (κ3) is 1.17. The van der Waals surface area contributed by atoms with Gasteiger partial charge in [-0.1, -0.05) is 24.3 Å². The lowest BCUT2D eigenvalue weighted by molar-refractivity contribution is -0.148. The van der Waals surface area contributed by atoms with Crippen LogP contribution in [0.1, 0.15) is 36.3 Å². The summed E-state index contributed by atoms with van der Waals surface area (Å²) in [5, 5.41) is 0.161. The Kier molecular flexibility index (Phi) is 2.12. The zero-order valence-electron chi connectivity index (χ0n) is 10.2. The number of hydrogen-bond acceptors (Lipinski definition) is 2. The van der Waals surface area contributed by atoms with Gasteiger partial charge in [0.05, 0.1) is 0 Å². The van der Waals surface area contributed by atoms with E-state index in [9.17, 15) is 4.79 Å². The van der Waals surface area contributed by atoms with Gasteiger partial charge in [0.2, 0.25) is 0 Å². The van der Waals surface area contributed by atoms with Crippen molar-refractivity contribution in [1.29, 1.82) is 0 Å². The summed E-state index contributed by atoms with van der Waals surface area (Å²) in [7, 11) is 0. The van der Waals surface area contributed by atoms with E-state index in [1.807, 2.05) is 0 Å². The molecule has 2 nitrogen and oxygen atoms in total. The van der Waals surface area contributed by atoms with E-state index in [1.165, 1.54) is 18.1 Å². The molecule has 3 aliphatic carbocycles. The normalized spacial score (nSPS) is 43.0. The van der Waals surface area contributed by atoms with Crippen molar-refractivity contribution < 1.29 is 9.53 Å². The quantitative estimate of drug-likeness (QED) is 0.574. The summed E-state index contributed by atoms with van der Waals surface area (Å²) in [4.78, 5) is 11.3. The van der Waals surface area contributed by atoms with Crippen molar-refractivity contribution in [2.75, 3.05) is 0 Å². The molecule has 0 N–H and O–H groups in total. The van der Waals surface area contributed by atoms with Crippen LogP contribution in [0.25, 0.3) is 0 Å². The van der Waals surface area contributed by atoms with E-state index in [2.05, 4.69) is 24.3 Å². The molecule has 18 heavy (non-hydrogen) atoms. The first-order valence-electron chi connectivity index (χ1n) is 6.58. The highest BCUT2D eigenvalue weighted by atomic mass is 35.5. The number of fused-ring (bicyclic) bond motifs is 8. The molecule has 0 saturated heterocycles. The van der Waals surface area contributed by atoms with Crippen LogP contribution in [0.5, 0.6) is 0 Å². The minimum atomic E-state index is -0.175. The number of hydrogen-bond donors (Lipinski definition) is 0. The third-order valence-corrected chi connectivity index (χ3v) is 5.46. The molecular weight excluding hydrogens is 248 g/mol. The van der Waals surface area contributed by atoms with Gasteiger partial charge in [-0.25, -0.2) is 0 Å². The fourth-order valence-electron chi connectivity index (χ4n) is 4.53. The summed E-state index contributed by atoms with van der Waals surface area (Å²) in [5.41, 5.74) is 2.88. The van der Waals surface area contributed by atoms with Crippen LogP contribution in [0.4, 0.5) is 0 Å². The molecule has 2 bridgehead atoms. The number of alkyl halides is 1. The zero-order valence-corrected chi connectivity index (χ0v) is 10.9. The maximum absolute atomic E-state index is 11.3. The standard InChI is InChI=1S/C15H15ClO2/c1-7(17)18-15-10-6-11(16)14(15)13-9-5-3-2-4-8(9)12(10)13/h2-5,10-15H,6H2,1H3/t10-,11+,12+,13+,14+,15-/m1/s1. The SMILES string of the molecule is CC(=O)O[C@@H]1[C@@H]2C[C@H](Cl)[C@H]1[C@H]1c3ccccc3[C@@H]21. The van der Waals surface area contributed by atoms with Gasteiger partial charge in [0.25, 0.3) is 0 Å². The number of rotatable bonds is 1. The van der Waals surface area contributed by atoms with Crippen LogP contribution in [-0.2, 0) is 9.53 Å². The first-order chi connectivity index (χ1) is 8.68. The van der Waals surface area contributed by atoms with Gasteiger partial charge in [-0.15, -0.1) is 11.6 Å². The van der Waals surface area contributed by atoms with E-state index in [0.717, 1.165) is 6.42 Å². The minimum Gasteiger partial charge on any atom is -0.462 e. The van der Waals surface area contributed by atoms with Gasteiger partial charge in [0, 0.05) is 24.1 Å². The summed E-state index contributed by atoms with van der Waals surface area (Å²) in [6, 6.07) is 8.60. The van der Waals surface area contributed by atoms with Crippen LogP contribution in [0.3, 0.4) is 0 Å². The fourth-order valence-corrected chi connectivity index (χ4v) is 5.04. The minimum absolute atomic E-state index is 0.0346. The average Bonchev–Trinajstić information content (AvgIpc) is 2.72. The molecule has 94 valence electrons. The topological polar surface area (TPSA) is 26.3 Å². The predicted octanol–water partition coefficient (Wildman–Crippen LogP) is 3.06. The molecule has 1 aromatic rings. The molecule has 3 heteroatoms. The van der Waals surface area contributed by atoms with Crippen molar-refractivity contribution in [3.8, 4) is 0 Å². The third-order valence-electron chi connectivity index (χ3n) is 5.00. The second kappa shape index (κ2) is 3.51. The fraction of sp³-hybridized carbons (Fsp3) is 0.533. The van der Waals surface area contributed by atoms with E-state index in [4.69, 9.17) is 16.3 Å². The molecule has 3 aliphatic rings. The van der Waals surface area contributed by atoms with Crippen LogP contribution in [-0.4, -0.2) is 17.5 Å². The van der Waals surface area contributed by atoms with Crippen LogP contribution in [0.2, 0.25) is 0 Å². The van der Waals surface area contributed by atoms with Crippen molar-refractivity contribution in [3.63, 3.8) is 0 Å². The van der Waals surface area contributed by atoms with Gasteiger partial charge in [-0.3, -0.25) is 4.79 Å². The number of halogens is 1. The second-order valence-electron chi connectivity index (χ2n) is 5.75. The number of ether oxygens (including phenoxy) is 1. The highest BCUT2D eigenvalue weighted by Crippen LogP contribution is 2.69. The van der Waals surface area contributed by atoms with Crippen molar-refractivity contribution in [3.05, 3.63) is 35.4 Å². The molecule has 0 amide bonds.